The van der Waals surface area contributed by atoms with E-state index in [1.807, 2.05) is 6.07 Å². The Bertz CT molecular complexity index is 980. The lowest BCUT2D eigenvalue weighted by molar-refractivity contribution is -0.123. The van der Waals surface area contributed by atoms with Crippen molar-refractivity contribution in [2.45, 2.75) is 41.5 Å². The summed E-state index contributed by atoms with van der Waals surface area (Å²) in [7, 11) is 0. The van der Waals surface area contributed by atoms with Gasteiger partial charge in [0.1, 0.15) is 6.07 Å². The van der Waals surface area contributed by atoms with E-state index >= 15 is 0 Å². The molecule has 0 bridgehead atoms. The van der Waals surface area contributed by atoms with Crippen molar-refractivity contribution >= 4 is 29.7 Å². The fraction of sp³-hybridized carbons (Fsp3) is 0.273. The molecule has 8 heteroatoms. The largest absolute Gasteiger partial charge is 0.452 e. The number of hydrogen-bond acceptors (Lipinski definition) is 6. The third kappa shape index (κ3) is 5.84. The van der Waals surface area contributed by atoms with Crippen molar-refractivity contribution in [2.75, 3.05) is 6.61 Å². The lowest BCUT2D eigenvalue weighted by atomic mass is 10.2. The van der Waals surface area contributed by atoms with Crippen molar-refractivity contribution in [1.29, 1.82) is 5.26 Å². The smallest absolute Gasteiger partial charge is 0.339 e. The van der Waals surface area contributed by atoms with Gasteiger partial charge in [0.25, 0.3) is 5.91 Å². The predicted molar refractivity (Wildman–Crippen MR) is 111 cm³/mol. The van der Waals surface area contributed by atoms with E-state index in [4.69, 9.17) is 4.74 Å². The Morgan fingerprint density at radius 3 is 2.43 bits per heavy atom. The molecule has 2 N–H and O–H groups in total. The average Bonchev–Trinajstić information content (AvgIpc) is 3.25. The van der Waals surface area contributed by atoms with Crippen molar-refractivity contribution in [3.05, 3.63) is 59.7 Å². The molecule has 1 aliphatic carbocycles. The lowest BCUT2D eigenvalue weighted by Gasteiger charge is -2.13. The third-order valence-electron chi connectivity index (χ3n) is 4.61. The minimum atomic E-state index is -0.696. The summed E-state index contributed by atoms with van der Waals surface area (Å²) in [5.74, 6) is -1.38. The first-order chi connectivity index (χ1) is 14.6. The average molecular weight is 423 g/mol. The molecule has 0 spiro atoms. The normalized spacial score (nSPS) is 13.3. The molecular formula is C22H21N3O4S. The Balaban J connectivity index is 1.57. The van der Waals surface area contributed by atoms with Crippen LogP contribution in [0.15, 0.2) is 58.3 Å². The summed E-state index contributed by atoms with van der Waals surface area (Å²) in [6.45, 7) is -0.565. The van der Waals surface area contributed by atoms with Gasteiger partial charge in [-0.1, -0.05) is 48.9 Å². The van der Waals surface area contributed by atoms with Gasteiger partial charge in [0.2, 0.25) is 0 Å². The number of rotatable bonds is 6. The van der Waals surface area contributed by atoms with Crippen molar-refractivity contribution in [3.63, 3.8) is 0 Å². The highest BCUT2D eigenvalue weighted by atomic mass is 32.2. The molecule has 0 saturated heterocycles. The number of hydrogen-bond donors (Lipinski definition) is 2. The highest BCUT2D eigenvalue weighted by Crippen LogP contribution is 2.32. The van der Waals surface area contributed by atoms with Crippen LogP contribution in [0.3, 0.4) is 0 Å². The fourth-order valence-corrected chi connectivity index (χ4v) is 4.17. The maximum Gasteiger partial charge on any atom is 0.339 e. The first kappa shape index (κ1) is 21.4. The second-order valence-corrected chi connectivity index (χ2v) is 7.87. The summed E-state index contributed by atoms with van der Waals surface area (Å²) in [4.78, 5) is 37.6. The van der Waals surface area contributed by atoms with Gasteiger partial charge >= 0.3 is 12.0 Å². The second kappa shape index (κ2) is 10.5. The Labute approximate surface area is 178 Å². The monoisotopic (exact) mass is 423 g/mol. The first-order valence-corrected chi connectivity index (χ1v) is 10.4. The standard InChI is InChI=1S/C22H21N3O4S/c23-13-15-7-1-5-11-18(15)30-19-12-6-4-10-17(19)21(27)29-14-20(26)25-22(28)24-16-8-2-3-9-16/h1,4-7,10-12,16H,2-3,8-9,14H2,(H2,24,25,26,28). The maximum atomic E-state index is 12.5. The van der Waals surface area contributed by atoms with E-state index in [0.717, 1.165) is 25.7 Å². The number of esters is 1. The lowest BCUT2D eigenvalue weighted by Crippen LogP contribution is -2.45. The van der Waals surface area contributed by atoms with Gasteiger partial charge in [0, 0.05) is 15.8 Å². The van der Waals surface area contributed by atoms with Gasteiger partial charge in [-0.25, -0.2) is 9.59 Å². The number of carbonyl (C=O) groups excluding carboxylic acids is 3. The van der Waals surface area contributed by atoms with Crippen LogP contribution in [-0.4, -0.2) is 30.6 Å². The zero-order chi connectivity index (χ0) is 21.3. The van der Waals surface area contributed by atoms with Crippen LogP contribution in [0.25, 0.3) is 0 Å². The second-order valence-electron chi connectivity index (χ2n) is 6.79. The number of nitrogens with zero attached hydrogens (tertiary/aromatic N) is 1. The fourth-order valence-electron chi connectivity index (χ4n) is 3.15. The highest BCUT2D eigenvalue weighted by molar-refractivity contribution is 7.99. The van der Waals surface area contributed by atoms with E-state index in [0.29, 0.717) is 15.4 Å². The molecule has 0 unspecified atom stereocenters. The minimum Gasteiger partial charge on any atom is -0.452 e. The van der Waals surface area contributed by atoms with Crippen LogP contribution in [0.1, 0.15) is 41.6 Å². The van der Waals surface area contributed by atoms with E-state index in [-0.39, 0.29) is 11.6 Å². The summed E-state index contributed by atoms with van der Waals surface area (Å²) >= 11 is 1.27. The van der Waals surface area contributed by atoms with Gasteiger partial charge in [-0.3, -0.25) is 10.1 Å². The molecule has 3 rings (SSSR count). The molecule has 1 aliphatic rings. The highest BCUT2D eigenvalue weighted by Gasteiger charge is 2.20. The Morgan fingerprint density at radius 2 is 1.70 bits per heavy atom. The van der Waals surface area contributed by atoms with Crippen molar-refractivity contribution < 1.29 is 19.1 Å². The van der Waals surface area contributed by atoms with E-state index in [9.17, 15) is 19.6 Å². The van der Waals surface area contributed by atoms with Gasteiger partial charge in [-0.05, 0) is 37.1 Å². The number of nitriles is 1. The molecule has 30 heavy (non-hydrogen) atoms. The van der Waals surface area contributed by atoms with Crippen molar-refractivity contribution in [2.24, 2.45) is 0 Å². The zero-order valence-corrected chi connectivity index (χ0v) is 17.0. The van der Waals surface area contributed by atoms with Gasteiger partial charge < -0.3 is 10.1 Å². The zero-order valence-electron chi connectivity index (χ0n) is 16.2. The number of amides is 3. The van der Waals surface area contributed by atoms with Crippen LogP contribution in [0.4, 0.5) is 4.79 Å². The van der Waals surface area contributed by atoms with E-state index in [1.165, 1.54) is 11.8 Å². The van der Waals surface area contributed by atoms with E-state index < -0.39 is 24.5 Å². The van der Waals surface area contributed by atoms with Crippen LogP contribution in [0.5, 0.6) is 0 Å². The number of benzene rings is 2. The topological polar surface area (TPSA) is 108 Å². The summed E-state index contributed by atoms with van der Waals surface area (Å²) < 4.78 is 5.09. The van der Waals surface area contributed by atoms with Crippen LogP contribution in [0.2, 0.25) is 0 Å². The molecule has 2 aromatic rings. The molecule has 1 fully saturated rings. The number of nitrogens with one attached hydrogen (secondary N) is 2. The molecule has 0 atom stereocenters. The predicted octanol–water partition coefficient (Wildman–Crippen LogP) is 3.63. The minimum absolute atomic E-state index is 0.0838. The summed E-state index contributed by atoms with van der Waals surface area (Å²) in [6.07, 6.45) is 3.93. The van der Waals surface area contributed by atoms with Crippen molar-refractivity contribution in [1.82, 2.24) is 10.6 Å². The quantitative estimate of drug-likeness (QED) is 0.687. The molecule has 3 amide bonds. The van der Waals surface area contributed by atoms with Gasteiger partial charge in [0.15, 0.2) is 6.61 Å². The third-order valence-corrected chi connectivity index (χ3v) is 5.76. The molecule has 0 aliphatic heterocycles. The Morgan fingerprint density at radius 1 is 1.03 bits per heavy atom. The van der Waals surface area contributed by atoms with Crippen LogP contribution in [-0.2, 0) is 9.53 Å². The van der Waals surface area contributed by atoms with Gasteiger partial charge in [-0.2, -0.15) is 5.26 Å². The van der Waals surface area contributed by atoms with Crippen LogP contribution < -0.4 is 10.6 Å². The van der Waals surface area contributed by atoms with E-state index in [2.05, 4.69) is 16.7 Å². The number of imide groups is 1. The molecule has 0 aromatic heterocycles. The number of urea groups is 1. The molecule has 154 valence electrons. The molecule has 7 nitrogen and oxygen atoms in total. The molecular weight excluding hydrogens is 402 g/mol. The maximum absolute atomic E-state index is 12.5. The number of carbonyl (C=O) groups is 3. The summed E-state index contributed by atoms with van der Waals surface area (Å²) in [6, 6.07) is 15.5. The van der Waals surface area contributed by atoms with Gasteiger partial charge in [0.05, 0.1) is 11.1 Å². The van der Waals surface area contributed by atoms with Gasteiger partial charge in [-0.15, -0.1) is 0 Å². The molecule has 0 radical (unpaired) electrons. The molecule has 1 saturated carbocycles. The van der Waals surface area contributed by atoms with E-state index in [1.54, 1.807) is 42.5 Å². The van der Waals surface area contributed by atoms with Crippen LogP contribution >= 0.6 is 11.8 Å². The Kier molecular flexibility index (Phi) is 7.46. The number of ether oxygens (including phenoxy) is 1. The molecule has 2 aromatic carbocycles. The summed E-state index contributed by atoms with van der Waals surface area (Å²) in [5.41, 5.74) is 0.775. The molecule has 0 heterocycles. The first-order valence-electron chi connectivity index (χ1n) is 9.60. The summed E-state index contributed by atoms with van der Waals surface area (Å²) in [5, 5.41) is 14.2. The SMILES string of the molecule is N#Cc1ccccc1Sc1ccccc1C(=O)OCC(=O)NC(=O)NC1CCCC1. The van der Waals surface area contributed by atoms with Crippen molar-refractivity contribution in [3.8, 4) is 6.07 Å². The Hall–Kier alpha value is -3.31. The van der Waals surface area contributed by atoms with Crippen LogP contribution in [0, 0.1) is 11.3 Å².